The van der Waals surface area contributed by atoms with Crippen LogP contribution in [0.4, 0.5) is 5.95 Å². The van der Waals surface area contributed by atoms with Crippen LogP contribution in [-0.4, -0.2) is 41.0 Å². The van der Waals surface area contributed by atoms with Crippen molar-refractivity contribution in [3.63, 3.8) is 0 Å². The first kappa shape index (κ1) is 17.8. The van der Waals surface area contributed by atoms with Crippen LogP contribution in [0.5, 0.6) is 0 Å². The minimum Gasteiger partial charge on any atom is -0.341 e. The number of piperidine rings is 1. The molecular weight excluding hydrogens is 340 g/mol. The summed E-state index contributed by atoms with van der Waals surface area (Å²) in [5, 5.41) is 0.0227. The highest BCUT2D eigenvalue weighted by molar-refractivity contribution is 7.89. The lowest BCUT2D eigenvalue weighted by Gasteiger charge is -2.27. The van der Waals surface area contributed by atoms with Gasteiger partial charge in [-0.15, -0.1) is 0 Å². The van der Waals surface area contributed by atoms with Crippen molar-refractivity contribution in [2.75, 3.05) is 18.0 Å². The molecule has 9 heteroatoms. The maximum Gasteiger partial charge on any atom is 0.259 e. The first-order valence-corrected chi connectivity index (χ1v) is 9.92. The van der Waals surface area contributed by atoms with Gasteiger partial charge in [-0.05, 0) is 39.2 Å². The molecule has 1 saturated heterocycles. The van der Waals surface area contributed by atoms with Gasteiger partial charge in [0.15, 0.2) is 5.03 Å². The first-order chi connectivity index (χ1) is 11.8. The Balaban J connectivity index is 1.75. The summed E-state index contributed by atoms with van der Waals surface area (Å²) in [5.74, 6) is 1.33. The van der Waals surface area contributed by atoms with Crippen molar-refractivity contribution in [3.8, 4) is 0 Å². The van der Waals surface area contributed by atoms with Gasteiger partial charge in [0.1, 0.15) is 5.82 Å². The zero-order valence-corrected chi connectivity index (χ0v) is 15.7. The van der Waals surface area contributed by atoms with Crippen molar-refractivity contribution in [2.24, 2.45) is 7.05 Å². The van der Waals surface area contributed by atoms with E-state index in [4.69, 9.17) is 0 Å². The van der Waals surface area contributed by atoms with Gasteiger partial charge in [-0.2, -0.15) is 0 Å². The minimum absolute atomic E-state index is 0.0227. The molecule has 0 spiro atoms. The summed E-state index contributed by atoms with van der Waals surface area (Å²) >= 11 is 0. The molecule has 25 heavy (non-hydrogen) atoms. The summed E-state index contributed by atoms with van der Waals surface area (Å²) < 4.78 is 29.1. The van der Waals surface area contributed by atoms with Gasteiger partial charge in [-0.25, -0.2) is 28.1 Å². The lowest BCUT2D eigenvalue weighted by molar-refractivity contribution is 0.565. The quantitative estimate of drug-likeness (QED) is 0.859. The summed E-state index contributed by atoms with van der Waals surface area (Å²) in [6.45, 7) is 5.67. The Morgan fingerprint density at radius 3 is 2.48 bits per heavy atom. The molecule has 3 rings (SSSR count). The molecule has 0 amide bonds. The Labute approximate surface area is 148 Å². The summed E-state index contributed by atoms with van der Waals surface area (Å²) in [4.78, 5) is 15.3. The van der Waals surface area contributed by atoms with Crippen LogP contribution in [0.1, 0.15) is 36.5 Å². The Bertz CT molecular complexity index is 836. The van der Waals surface area contributed by atoms with Crippen LogP contribution in [0.2, 0.25) is 0 Å². The molecule has 3 heterocycles. The van der Waals surface area contributed by atoms with E-state index in [-0.39, 0.29) is 11.6 Å². The third-order valence-corrected chi connectivity index (χ3v) is 5.61. The van der Waals surface area contributed by atoms with Crippen molar-refractivity contribution in [1.82, 2.24) is 24.2 Å². The number of nitrogens with zero attached hydrogens (tertiary/aromatic N) is 5. The highest BCUT2D eigenvalue weighted by Crippen LogP contribution is 2.17. The van der Waals surface area contributed by atoms with Crippen LogP contribution < -0.4 is 9.62 Å². The van der Waals surface area contributed by atoms with E-state index in [1.807, 2.05) is 6.92 Å². The molecule has 0 saturated carbocycles. The number of rotatable bonds is 5. The highest BCUT2D eigenvalue weighted by atomic mass is 32.2. The van der Waals surface area contributed by atoms with Gasteiger partial charge in [0.05, 0.1) is 12.2 Å². The zero-order chi connectivity index (χ0) is 18.0. The standard InChI is InChI=1S/C16H24N6O2S/c1-12-9-14(20-16(18-12)22-7-5-4-6-8-22)10-17-25(23,24)15-11-21(3)13(2)19-15/h9,11,17H,4-8,10H2,1-3H3. The smallest absolute Gasteiger partial charge is 0.259 e. The SMILES string of the molecule is Cc1cc(CNS(=O)(=O)c2cn(C)c(C)n2)nc(N2CCCCC2)n1. The molecule has 1 aliphatic heterocycles. The molecule has 0 bridgehead atoms. The fourth-order valence-electron chi connectivity index (χ4n) is 2.84. The number of hydrogen-bond acceptors (Lipinski definition) is 6. The predicted molar refractivity (Wildman–Crippen MR) is 94.8 cm³/mol. The molecule has 1 N–H and O–H groups in total. The number of imidazole rings is 1. The maximum atomic E-state index is 12.4. The van der Waals surface area contributed by atoms with Crippen LogP contribution in [0, 0.1) is 13.8 Å². The summed E-state index contributed by atoms with van der Waals surface area (Å²) in [7, 11) is -1.90. The second kappa shape index (κ2) is 7.09. The van der Waals surface area contributed by atoms with E-state index in [9.17, 15) is 8.42 Å². The van der Waals surface area contributed by atoms with Crippen molar-refractivity contribution in [3.05, 3.63) is 29.5 Å². The summed E-state index contributed by atoms with van der Waals surface area (Å²) in [6, 6.07) is 1.81. The lowest BCUT2D eigenvalue weighted by Crippen LogP contribution is -2.32. The number of hydrogen-bond donors (Lipinski definition) is 1. The maximum absolute atomic E-state index is 12.4. The highest BCUT2D eigenvalue weighted by Gasteiger charge is 2.19. The van der Waals surface area contributed by atoms with Gasteiger partial charge >= 0.3 is 0 Å². The molecule has 1 aliphatic rings. The summed E-state index contributed by atoms with van der Waals surface area (Å²) in [6.07, 6.45) is 5.01. The number of aromatic nitrogens is 4. The predicted octanol–water partition coefficient (Wildman–Crippen LogP) is 1.30. The van der Waals surface area contributed by atoms with Crippen molar-refractivity contribution in [1.29, 1.82) is 0 Å². The number of anilines is 1. The molecule has 2 aromatic rings. The van der Waals surface area contributed by atoms with Gasteiger partial charge in [0.2, 0.25) is 5.95 Å². The van der Waals surface area contributed by atoms with Crippen LogP contribution >= 0.6 is 0 Å². The second-order valence-corrected chi connectivity index (χ2v) is 8.12. The monoisotopic (exact) mass is 364 g/mol. The fraction of sp³-hybridized carbons (Fsp3) is 0.562. The molecule has 0 atom stereocenters. The average molecular weight is 364 g/mol. The molecule has 0 aromatic carbocycles. The third kappa shape index (κ3) is 4.16. The van der Waals surface area contributed by atoms with Gasteiger partial charge in [-0.3, -0.25) is 0 Å². The Morgan fingerprint density at radius 1 is 1.12 bits per heavy atom. The van der Waals surface area contributed by atoms with Gasteiger partial charge in [-0.1, -0.05) is 0 Å². The Morgan fingerprint density at radius 2 is 1.84 bits per heavy atom. The largest absolute Gasteiger partial charge is 0.341 e. The van der Waals surface area contributed by atoms with Crippen LogP contribution in [0.3, 0.4) is 0 Å². The molecule has 0 unspecified atom stereocenters. The van der Waals surface area contributed by atoms with E-state index >= 15 is 0 Å². The van der Waals surface area contributed by atoms with Gasteiger partial charge in [0, 0.05) is 32.0 Å². The Kier molecular flexibility index (Phi) is 5.05. The van der Waals surface area contributed by atoms with Crippen LogP contribution in [0.25, 0.3) is 0 Å². The fourth-order valence-corrected chi connectivity index (χ4v) is 3.88. The molecule has 8 nitrogen and oxygen atoms in total. The normalized spacial score (nSPS) is 15.6. The van der Waals surface area contributed by atoms with E-state index in [1.165, 1.54) is 12.6 Å². The third-order valence-electron chi connectivity index (χ3n) is 4.34. The molecule has 136 valence electrons. The van der Waals surface area contributed by atoms with Crippen molar-refractivity contribution < 1.29 is 8.42 Å². The summed E-state index contributed by atoms with van der Waals surface area (Å²) in [5.41, 5.74) is 1.49. The van der Waals surface area contributed by atoms with Crippen LogP contribution in [0.15, 0.2) is 17.3 Å². The molecule has 1 fully saturated rings. The molecule has 2 aromatic heterocycles. The second-order valence-electron chi connectivity index (χ2n) is 6.41. The molecule has 0 aliphatic carbocycles. The van der Waals surface area contributed by atoms with E-state index in [1.54, 1.807) is 24.6 Å². The Hall–Kier alpha value is -2.00. The van der Waals surface area contributed by atoms with Gasteiger partial charge < -0.3 is 9.47 Å². The minimum atomic E-state index is -3.67. The van der Waals surface area contributed by atoms with Crippen molar-refractivity contribution in [2.45, 2.75) is 44.7 Å². The van der Waals surface area contributed by atoms with Crippen molar-refractivity contribution >= 4 is 16.0 Å². The average Bonchev–Trinajstić information content (AvgIpc) is 2.93. The lowest BCUT2D eigenvalue weighted by atomic mass is 10.1. The van der Waals surface area contributed by atoms with E-state index in [0.717, 1.165) is 31.6 Å². The van der Waals surface area contributed by atoms with Crippen LogP contribution in [-0.2, 0) is 23.6 Å². The molecular formula is C16H24N6O2S. The van der Waals surface area contributed by atoms with Gasteiger partial charge in [0.25, 0.3) is 10.0 Å². The van der Waals surface area contributed by atoms with E-state index in [0.29, 0.717) is 17.5 Å². The number of aryl methyl sites for hydroxylation is 3. The number of nitrogens with one attached hydrogen (secondary N) is 1. The van der Waals surface area contributed by atoms with E-state index < -0.39 is 10.0 Å². The topological polar surface area (TPSA) is 93.0 Å². The zero-order valence-electron chi connectivity index (χ0n) is 14.9. The number of sulfonamides is 1. The first-order valence-electron chi connectivity index (χ1n) is 8.44. The molecule has 0 radical (unpaired) electrons. The van der Waals surface area contributed by atoms with E-state index in [2.05, 4.69) is 24.6 Å².